The molecule has 10 nitrogen and oxygen atoms in total. The van der Waals surface area contributed by atoms with Crippen LogP contribution >= 0.6 is 11.3 Å². The highest BCUT2D eigenvalue weighted by atomic mass is 32.1. The molecule has 3 heterocycles. The topological polar surface area (TPSA) is 126 Å². The van der Waals surface area contributed by atoms with E-state index < -0.39 is 27.7 Å². The van der Waals surface area contributed by atoms with Gasteiger partial charge >= 0.3 is 5.97 Å². The van der Waals surface area contributed by atoms with Gasteiger partial charge in [-0.2, -0.15) is 0 Å². The van der Waals surface area contributed by atoms with Crippen LogP contribution in [0.5, 0.6) is 0 Å². The highest BCUT2D eigenvalue weighted by Crippen LogP contribution is 2.13. The van der Waals surface area contributed by atoms with Crippen molar-refractivity contribution in [2.45, 2.75) is 6.54 Å². The van der Waals surface area contributed by atoms with Crippen molar-refractivity contribution in [3.05, 3.63) is 72.0 Å². The van der Waals surface area contributed by atoms with Crippen LogP contribution in [0.25, 0.3) is 4.96 Å². The quantitative estimate of drug-likeness (QED) is 0.379. The first-order valence-electron chi connectivity index (χ1n) is 6.83. The molecular formula is C14H10N4O6S. The molecule has 25 heavy (non-hydrogen) atoms. The molecule has 0 unspecified atom stereocenters. The van der Waals surface area contributed by atoms with Gasteiger partial charge in [0.05, 0.1) is 30.5 Å². The van der Waals surface area contributed by atoms with Crippen molar-refractivity contribution in [3.63, 3.8) is 0 Å². The van der Waals surface area contributed by atoms with E-state index in [4.69, 9.17) is 0 Å². The Morgan fingerprint density at radius 3 is 2.84 bits per heavy atom. The molecule has 0 aliphatic carbocycles. The number of nitrogens with zero attached hydrogens (tertiary/aromatic N) is 4. The molecule has 0 fully saturated rings. The second-order valence-electron chi connectivity index (χ2n) is 4.94. The monoisotopic (exact) mass is 362 g/mol. The van der Waals surface area contributed by atoms with Crippen molar-refractivity contribution in [3.8, 4) is 0 Å². The fraction of sp³-hybridized carbons (Fsp3) is 0.143. The molecule has 3 aromatic heterocycles. The molecule has 0 bridgehead atoms. The number of pyridine rings is 1. The highest BCUT2D eigenvalue weighted by Gasteiger charge is 2.20. The molecule has 0 saturated carbocycles. The summed E-state index contributed by atoms with van der Waals surface area (Å²) in [7, 11) is 1.07. The third-order valence-electron chi connectivity index (χ3n) is 3.38. The number of rotatable bonds is 4. The predicted octanol–water partition coefficient (Wildman–Crippen LogP) is 0.661. The second kappa shape index (κ2) is 6.28. The van der Waals surface area contributed by atoms with Crippen molar-refractivity contribution in [2.24, 2.45) is 0 Å². The number of carbonyl (C=O) groups is 1. The number of fused-ring (bicyclic) bond motifs is 1. The van der Waals surface area contributed by atoms with Crippen LogP contribution in [0.2, 0.25) is 0 Å². The third kappa shape index (κ3) is 3.04. The number of hydrogen-bond donors (Lipinski definition) is 0. The van der Waals surface area contributed by atoms with Gasteiger partial charge in [0.25, 0.3) is 16.8 Å². The van der Waals surface area contributed by atoms with Crippen LogP contribution in [0.3, 0.4) is 0 Å². The Bertz CT molecular complexity index is 1110. The lowest BCUT2D eigenvalue weighted by Gasteiger charge is -2.07. The molecule has 128 valence electrons. The summed E-state index contributed by atoms with van der Waals surface area (Å²) in [4.78, 5) is 51.0. The van der Waals surface area contributed by atoms with Gasteiger partial charge in [-0.1, -0.05) is 0 Å². The van der Waals surface area contributed by atoms with Gasteiger partial charge in [0.2, 0.25) is 0 Å². The SMILES string of the molecule is COC(=O)c1cc([N+](=O)[O-])cn(Cc2cc(=O)n3ccsc3n2)c1=O. The van der Waals surface area contributed by atoms with E-state index >= 15 is 0 Å². The van der Waals surface area contributed by atoms with E-state index in [1.54, 1.807) is 11.6 Å². The summed E-state index contributed by atoms with van der Waals surface area (Å²) in [5.74, 6) is -0.982. The van der Waals surface area contributed by atoms with Crippen LogP contribution in [0, 0.1) is 10.1 Å². The highest BCUT2D eigenvalue weighted by molar-refractivity contribution is 7.15. The zero-order chi connectivity index (χ0) is 18.1. The number of ether oxygens (including phenoxy) is 1. The van der Waals surface area contributed by atoms with E-state index in [1.165, 1.54) is 21.8 Å². The van der Waals surface area contributed by atoms with E-state index in [2.05, 4.69) is 9.72 Å². The first-order valence-corrected chi connectivity index (χ1v) is 7.71. The Morgan fingerprint density at radius 1 is 1.40 bits per heavy atom. The molecule has 0 amide bonds. The molecule has 0 aliphatic heterocycles. The zero-order valence-corrected chi connectivity index (χ0v) is 13.6. The molecule has 0 spiro atoms. The summed E-state index contributed by atoms with van der Waals surface area (Å²) >= 11 is 1.23. The number of thiazole rings is 1. The average molecular weight is 362 g/mol. The van der Waals surface area contributed by atoms with E-state index in [0.717, 1.165) is 23.9 Å². The van der Waals surface area contributed by atoms with Gasteiger partial charge in [-0.25, -0.2) is 9.78 Å². The Labute approximate surface area is 142 Å². The van der Waals surface area contributed by atoms with E-state index in [9.17, 15) is 24.5 Å². The number of hydrogen-bond acceptors (Lipinski definition) is 8. The van der Waals surface area contributed by atoms with Crippen molar-refractivity contribution in [1.29, 1.82) is 0 Å². The zero-order valence-electron chi connectivity index (χ0n) is 12.7. The van der Waals surface area contributed by atoms with Crippen LogP contribution in [0.4, 0.5) is 5.69 Å². The molecule has 0 N–H and O–H groups in total. The predicted molar refractivity (Wildman–Crippen MR) is 87.1 cm³/mol. The maximum Gasteiger partial charge on any atom is 0.343 e. The van der Waals surface area contributed by atoms with E-state index in [1.807, 2.05) is 0 Å². The van der Waals surface area contributed by atoms with E-state index in [-0.39, 0.29) is 17.8 Å². The molecular weight excluding hydrogens is 352 g/mol. The van der Waals surface area contributed by atoms with Crippen molar-refractivity contribution >= 4 is 28.0 Å². The molecule has 0 atom stereocenters. The normalized spacial score (nSPS) is 10.8. The van der Waals surface area contributed by atoms with Crippen LogP contribution in [-0.2, 0) is 11.3 Å². The molecule has 3 aromatic rings. The minimum absolute atomic E-state index is 0.200. The lowest BCUT2D eigenvalue weighted by molar-refractivity contribution is -0.385. The van der Waals surface area contributed by atoms with Gasteiger partial charge in [0.1, 0.15) is 5.56 Å². The van der Waals surface area contributed by atoms with Crippen LogP contribution in [0.15, 0.2) is 39.5 Å². The van der Waals surface area contributed by atoms with Gasteiger partial charge in [-0.3, -0.25) is 24.1 Å². The summed E-state index contributed by atoms with van der Waals surface area (Å²) in [5, 5.41) is 12.7. The molecule has 0 radical (unpaired) electrons. The van der Waals surface area contributed by atoms with Crippen molar-refractivity contribution in [2.75, 3.05) is 7.11 Å². The fourth-order valence-electron chi connectivity index (χ4n) is 2.24. The first kappa shape index (κ1) is 16.5. The molecule has 0 aromatic carbocycles. The first-order chi connectivity index (χ1) is 11.9. The van der Waals surface area contributed by atoms with Crippen LogP contribution in [-0.4, -0.2) is 32.0 Å². The molecule has 11 heteroatoms. The van der Waals surface area contributed by atoms with Gasteiger partial charge in [-0.15, -0.1) is 11.3 Å². The van der Waals surface area contributed by atoms with Gasteiger partial charge in [-0.05, 0) is 0 Å². The second-order valence-corrected chi connectivity index (χ2v) is 5.81. The number of aromatic nitrogens is 3. The number of carbonyl (C=O) groups excluding carboxylic acids is 1. The fourth-order valence-corrected chi connectivity index (χ4v) is 2.98. The lowest BCUT2D eigenvalue weighted by Crippen LogP contribution is -2.28. The van der Waals surface area contributed by atoms with Gasteiger partial charge in [0.15, 0.2) is 4.96 Å². The minimum Gasteiger partial charge on any atom is -0.465 e. The number of methoxy groups -OCH3 is 1. The summed E-state index contributed by atoms with van der Waals surface area (Å²) < 4.78 is 6.77. The molecule has 0 aliphatic rings. The van der Waals surface area contributed by atoms with Gasteiger partial charge < -0.3 is 9.30 Å². The average Bonchev–Trinajstić information content (AvgIpc) is 3.05. The summed E-state index contributed by atoms with van der Waals surface area (Å²) in [6, 6.07) is 2.08. The van der Waals surface area contributed by atoms with E-state index in [0.29, 0.717) is 4.96 Å². The maximum atomic E-state index is 12.4. The number of nitro groups is 1. The third-order valence-corrected chi connectivity index (χ3v) is 4.13. The van der Waals surface area contributed by atoms with Crippen molar-refractivity contribution < 1.29 is 14.5 Å². The van der Waals surface area contributed by atoms with Crippen LogP contribution in [0.1, 0.15) is 16.1 Å². The Kier molecular flexibility index (Phi) is 4.15. The summed E-state index contributed by atoms with van der Waals surface area (Å²) in [5.41, 5.74) is -1.79. The Morgan fingerprint density at radius 2 is 2.16 bits per heavy atom. The van der Waals surface area contributed by atoms with Crippen molar-refractivity contribution in [1.82, 2.24) is 14.0 Å². The molecule has 0 saturated heterocycles. The Hall–Kier alpha value is -3.34. The number of esters is 1. The Balaban J connectivity index is 2.13. The summed E-state index contributed by atoms with van der Waals surface area (Å²) in [6.45, 7) is -0.200. The molecule has 3 rings (SSSR count). The van der Waals surface area contributed by atoms with Crippen LogP contribution < -0.4 is 11.1 Å². The minimum atomic E-state index is -0.982. The summed E-state index contributed by atoms with van der Waals surface area (Å²) in [6.07, 6.45) is 2.56. The van der Waals surface area contributed by atoms with Gasteiger partial charge in [0, 0.05) is 23.7 Å². The smallest absolute Gasteiger partial charge is 0.343 e. The lowest BCUT2D eigenvalue weighted by atomic mass is 10.2. The standard InChI is InChI=1S/C14H10N4O6S/c1-24-13(21)10-5-9(18(22)23)7-16(12(10)20)6-8-4-11(19)17-2-3-25-14(17)15-8/h2-5,7H,6H2,1H3. The maximum absolute atomic E-state index is 12.4. The largest absolute Gasteiger partial charge is 0.465 e.